The van der Waals surface area contributed by atoms with Crippen molar-refractivity contribution in [3.8, 4) is 5.75 Å². The van der Waals surface area contributed by atoms with E-state index in [-0.39, 0.29) is 6.61 Å². The molecule has 0 saturated carbocycles. The maximum absolute atomic E-state index is 8.29. The number of oxime groups is 1. The summed E-state index contributed by atoms with van der Waals surface area (Å²) >= 11 is 0. The van der Waals surface area contributed by atoms with Crippen molar-refractivity contribution in [1.82, 2.24) is 0 Å². The van der Waals surface area contributed by atoms with Crippen LogP contribution >= 0.6 is 0 Å². The third-order valence-electron chi connectivity index (χ3n) is 2.50. The van der Waals surface area contributed by atoms with Crippen molar-refractivity contribution in [1.29, 1.82) is 0 Å². The molecule has 0 radical (unpaired) electrons. The van der Waals surface area contributed by atoms with Crippen LogP contribution in [0.5, 0.6) is 5.75 Å². The van der Waals surface area contributed by atoms with Crippen molar-refractivity contribution >= 4 is 6.21 Å². The Balaban J connectivity index is 2.70. The number of nitrogens with zero attached hydrogens (tertiary/aromatic N) is 1. The number of rotatable bonds is 7. The van der Waals surface area contributed by atoms with E-state index < -0.39 is 0 Å². The molecule has 4 heteroatoms. The quantitative estimate of drug-likeness (QED) is 0.449. The minimum atomic E-state index is 0.279. The van der Waals surface area contributed by atoms with E-state index in [0.29, 0.717) is 0 Å². The molecule has 0 aliphatic rings. The van der Waals surface area contributed by atoms with Gasteiger partial charge >= 0.3 is 0 Å². The second kappa shape index (κ2) is 7.68. The van der Waals surface area contributed by atoms with Gasteiger partial charge in [-0.05, 0) is 30.0 Å². The third-order valence-corrected chi connectivity index (χ3v) is 2.50. The maximum atomic E-state index is 8.29. The first-order valence-corrected chi connectivity index (χ1v) is 5.71. The van der Waals surface area contributed by atoms with Crippen LogP contribution < -0.4 is 4.74 Å². The Morgan fingerprint density at radius 2 is 2.24 bits per heavy atom. The van der Waals surface area contributed by atoms with Gasteiger partial charge in [-0.25, -0.2) is 0 Å². The van der Waals surface area contributed by atoms with Gasteiger partial charge in [0.05, 0.1) is 12.8 Å². The van der Waals surface area contributed by atoms with Crippen LogP contribution in [0.3, 0.4) is 0 Å². The summed E-state index contributed by atoms with van der Waals surface area (Å²) < 4.78 is 10.5. The third kappa shape index (κ3) is 4.44. The van der Waals surface area contributed by atoms with Gasteiger partial charge in [-0.1, -0.05) is 24.2 Å². The van der Waals surface area contributed by atoms with E-state index in [1.54, 1.807) is 7.11 Å². The fourth-order valence-electron chi connectivity index (χ4n) is 1.59. The van der Waals surface area contributed by atoms with E-state index in [4.69, 9.17) is 14.7 Å². The van der Waals surface area contributed by atoms with Crippen molar-refractivity contribution in [3.63, 3.8) is 0 Å². The molecule has 0 atom stereocenters. The number of hydrogen-bond acceptors (Lipinski definition) is 4. The summed E-state index contributed by atoms with van der Waals surface area (Å²) in [5, 5.41) is 11.2. The number of methoxy groups -OCH3 is 1. The van der Waals surface area contributed by atoms with E-state index >= 15 is 0 Å². The number of benzene rings is 1. The summed E-state index contributed by atoms with van der Waals surface area (Å²) in [7, 11) is 1.70. The van der Waals surface area contributed by atoms with Crippen LogP contribution in [0, 0.1) is 0 Å². The molecule has 0 bridgehead atoms. The molecule has 0 aliphatic carbocycles. The Bertz CT molecular complexity index is 364. The zero-order valence-corrected chi connectivity index (χ0v) is 10.3. The maximum Gasteiger partial charge on any atom is 0.127 e. The van der Waals surface area contributed by atoms with Gasteiger partial charge in [0.15, 0.2) is 0 Å². The van der Waals surface area contributed by atoms with Crippen LogP contribution in [0.25, 0.3) is 0 Å². The molecule has 0 aromatic heterocycles. The van der Waals surface area contributed by atoms with E-state index in [9.17, 15) is 0 Å². The zero-order valence-electron chi connectivity index (χ0n) is 10.3. The van der Waals surface area contributed by atoms with E-state index in [1.807, 2.05) is 12.1 Å². The van der Waals surface area contributed by atoms with E-state index in [0.717, 1.165) is 30.8 Å². The fourth-order valence-corrected chi connectivity index (χ4v) is 1.59. The molecule has 1 rings (SSSR count). The Labute approximate surface area is 102 Å². The zero-order chi connectivity index (χ0) is 12.5. The van der Waals surface area contributed by atoms with Gasteiger partial charge in [-0.3, -0.25) is 0 Å². The molecule has 0 fully saturated rings. The largest absolute Gasteiger partial charge is 0.488 e. The van der Waals surface area contributed by atoms with Crippen molar-refractivity contribution in [2.75, 3.05) is 20.3 Å². The van der Waals surface area contributed by atoms with Crippen LogP contribution in [0.4, 0.5) is 0 Å². The highest BCUT2D eigenvalue weighted by Gasteiger charge is 2.03. The first-order valence-electron chi connectivity index (χ1n) is 5.71. The monoisotopic (exact) mass is 237 g/mol. The van der Waals surface area contributed by atoms with Gasteiger partial charge in [0.1, 0.15) is 12.4 Å². The Hall–Kier alpha value is -1.55. The fraction of sp³-hybridized carbons (Fsp3) is 0.462. The number of hydrogen-bond donors (Lipinski definition) is 1. The Morgan fingerprint density at radius 3 is 2.88 bits per heavy atom. The summed E-state index contributed by atoms with van der Waals surface area (Å²) in [5.41, 5.74) is 2.40. The summed E-state index contributed by atoms with van der Waals surface area (Å²) in [6.07, 6.45) is 3.13. The highest BCUT2D eigenvalue weighted by molar-refractivity contribution is 5.58. The molecule has 0 saturated heterocycles. The number of aryl methyl sites for hydroxylation is 1. The average Bonchev–Trinajstić information content (AvgIpc) is 2.37. The molecule has 1 aromatic rings. The van der Waals surface area contributed by atoms with Crippen LogP contribution in [-0.4, -0.2) is 31.7 Å². The first kappa shape index (κ1) is 13.5. The molecule has 0 aliphatic heterocycles. The minimum Gasteiger partial charge on any atom is -0.488 e. The van der Waals surface area contributed by atoms with Gasteiger partial charge in [0.2, 0.25) is 0 Å². The van der Waals surface area contributed by atoms with Crippen molar-refractivity contribution < 1.29 is 14.7 Å². The molecule has 1 aromatic carbocycles. The molecule has 0 spiro atoms. The summed E-state index contributed by atoms with van der Waals surface area (Å²) in [5.74, 6) is 0.841. The molecule has 94 valence electrons. The predicted octanol–water partition coefficient (Wildman–Crippen LogP) is 2.28. The smallest absolute Gasteiger partial charge is 0.127 e. The number of ether oxygens (including phenoxy) is 2. The van der Waals surface area contributed by atoms with Crippen LogP contribution in [0.15, 0.2) is 23.4 Å². The highest BCUT2D eigenvalue weighted by atomic mass is 16.5. The molecule has 0 unspecified atom stereocenters. The van der Waals surface area contributed by atoms with Crippen LogP contribution in [0.1, 0.15) is 18.1 Å². The predicted molar refractivity (Wildman–Crippen MR) is 67.2 cm³/mol. The Morgan fingerprint density at radius 1 is 1.41 bits per heavy atom. The molecule has 4 nitrogen and oxygen atoms in total. The molecule has 0 heterocycles. The summed E-state index contributed by atoms with van der Waals surface area (Å²) in [6.45, 7) is 3.09. The SMILES string of the molecule is CCc1cc(CCOC)ccc1OC/C=N/O. The molecule has 1 N–H and O–H groups in total. The van der Waals surface area contributed by atoms with Crippen LogP contribution in [-0.2, 0) is 17.6 Å². The molecule has 0 amide bonds. The topological polar surface area (TPSA) is 51.0 Å². The average molecular weight is 237 g/mol. The minimum absolute atomic E-state index is 0.279. The van der Waals surface area contributed by atoms with Gasteiger partial charge in [0, 0.05) is 7.11 Å². The lowest BCUT2D eigenvalue weighted by Gasteiger charge is -2.10. The molecule has 17 heavy (non-hydrogen) atoms. The van der Waals surface area contributed by atoms with Crippen molar-refractivity contribution in [3.05, 3.63) is 29.3 Å². The van der Waals surface area contributed by atoms with Gasteiger partial charge < -0.3 is 14.7 Å². The lowest BCUT2D eigenvalue weighted by molar-refractivity contribution is 0.202. The van der Waals surface area contributed by atoms with Crippen LogP contribution in [0.2, 0.25) is 0 Å². The summed E-state index contributed by atoms with van der Waals surface area (Å²) in [6, 6.07) is 6.11. The highest BCUT2D eigenvalue weighted by Crippen LogP contribution is 2.21. The van der Waals surface area contributed by atoms with Gasteiger partial charge in [0.25, 0.3) is 0 Å². The first-order chi connectivity index (χ1) is 8.31. The van der Waals surface area contributed by atoms with Crippen molar-refractivity contribution in [2.45, 2.75) is 19.8 Å². The Kier molecular flexibility index (Phi) is 6.10. The van der Waals surface area contributed by atoms with Gasteiger partial charge in [-0.15, -0.1) is 0 Å². The lowest BCUT2D eigenvalue weighted by atomic mass is 10.1. The lowest BCUT2D eigenvalue weighted by Crippen LogP contribution is -2.02. The molecular formula is C13H19NO3. The van der Waals surface area contributed by atoms with Gasteiger partial charge in [-0.2, -0.15) is 0 Å². The standard InChI is InChI=1S/C13H19NO3/c1-3-12-10-11(6-8-16-2)4-5-13(12)17-9-7-14-15/h4-5,7,10,15H,3,6,8-9H2,1-2H3/b14-7+. The normalized spacial score (nSPS) is 10.9. The second-order valence-corrected chi connectivity index (χ2v) is 3.65. The second-order valence-electron chi connectivity index (χ2n) is 3.65. The summed E-state index contributed by atoms with van der Waals surface area (Å²) in [4.78, 5) is 0. The van der Waals surface area contributed by atoms with E-state index in [2.05, 4.69) is 18.1 Å². The molecular weight excluding hydrogens is 218 g/mol. The van der Waals surface area contributed by atoms with Crippen molar-refractivity contribution in [2.24, 2.45) is 5.16 Å². The van der Waals surface area contributed by atoms with E-state index in [1.165, 1.54) is 11.8 Å².